The number of para-hydroxylation sites is 1. The van der Waals surface area contributed by atoms with Crippen LogP contribution in [0.3, 0.4) is 0 Å². The van der Waals surface area contributed by atoms with Gasteiger partial charge < -0.3 is 15.1 Å². The van der Waals surface area contributed by atoms with E-state index < -0.39 is 6.04 Å². The number of benzene rings is 2. The van der Waals surface area contributed by atoms with Gasteiger partial charge in [-0.15, -0.1) is 0 Å². The van der Waals surface area contributed by atoms with Crippen LogP contribution in [0.1, 0.15) is 28.8 Å². The molecule has 2 aromatic rings. The number of halogens is 1. The number of carbonyl (C=O) groups is 3. The summed E-state index contributed by atoms with van der Waals surface area (Å²) in [5, 5.41) is 2.75. The van der Waals surface area contributed by atoms with Gasteiger partial charge in [0.05, 0.1) is 11.3 Å². The molecule has 28 heavy (non-hydrogen) atoms. The van der Waals surface area contributed by atoms with Crippen molar-refractivity contribution in [1.82, 2.24) is 10.2 Å². The number of nitrogens with zero attached hydrogens (tertiary/aromatic N) is 2. The largest absolute Gasteiger partial charge is 0.350 e. The van der Waals surface area contributed by atoms with E-state index in [1.165, 1.54) is 17.0 Å². The minimum atomic E-state index is -0.523. The fourth-order valence-corrected chi connectivity index (χ4v) is 3.78. The van der Waals surface area contributed by atoms with Crippen molar-refractivity contribution in [3.63, 3.8) is 0 Å². The second kappa shape index (κ2) is 7.42. The molecule has 0 aliphatic carbocycles. The maximum Gasteiger partial charge on any atom is 0.256 e. The Bertz CT molecular complexity index is 929. The lowest BCUT2D eigenvalue weighted by molar-refractivity contribution is -0.125. The van der Waals surface area contributed by atoms with Crippen molar-refractivity contribution in [2.45, 2.75) is 25.4 Å². The smallest absolute Gasteiger partial charge is 0.256 e. The SMILES string of the molecule is O=C(CN1C(=O)[C@@H]2CCCN2C(=O)c2ccccc21)NCc1ccc(F)cc1. The molecule has 1 saturated heterocycles. The predicted molar refractivity (Wildman–Crippen MR) is 101 cm³/mol. The zero-order valence-electron chi connectivity index (χ0n) is 15.2. The van der Waals surface area contributed by atoms with E-state index in [9.17, 15) is 18.8 Å². The van der Waals surface area contributed by atoms with Gasteiger partial charge in [0.1, 0.15) is 18.4 Å². The molecule has 2 aliphatic heterocycles. The highest BCUT2D eigenvalue weighted by Crippen LogP contribution is 2.32. The summed E-state index contributed by atoms with van der Waals surface area (Å²) in [6.07, 6.45) is 1.38. The van der Waals surface area contributed by atoms with Crippen LogP contribution in [0, 0.1) is 5.82 Å². The Morgan fingerprint density at radius 1 is 1.11 bits per heavy atom. The predicted octanol–water partition coefficient (Wildman–Crippen LogP) is 2.09. The lowest BCUT2D eigenvalue weighted by Gasteiger charge is -2.25. The first-order valence-electron chi connectivity index (χ1n) is 9.27. The minimum absolute atomic E-state index is 0.166. The van der Waals surface area contributed by atoms with Crippen LogP contribution in [0.2, 0.25) is 0 Å². The molecule has 6 nitrogen and oxygen atoms in total. The van der Waals surface area contributed by atoms with Crippen molar-refractivity contribution < 1.29 is 18.8 Å². The summed E-state index contributed by atoms with van der Waals surface area (Å²) in [5.74, 6) is -1.08. The van der Waals surface area contributed by atoms with Crippen molar-refractivity contribution in [3.8, 4) is 0 Å². The standard InChI is InChI=1S/C21H20FN3O3/c22-15-9-7-14(8-10-15)12-23-19(26)13-25-17-5-2-1-4-16(17)20(27)24-11-3-6-18(24)21(25)28/h1-2,4-5,7-10,18H,3,6,11-13H2,(H,23,26)/t18-/m0/s1. The first-order valence-corrected chi connectivity index (χ1v) is 9.27. The van der Waals surface area contributed by atoms with E-state index >= 15 is 0 Å². The third kappa shape index (κ3) is 3.35. The Balaban J connectivity index is 1.54. The molecular formula is C21H20FN3O3. The Kier molecular flexibility index (Phi) is 4.81. The molecule has 7 heteroatoms. The lowest BCUT2D eigenvalue weighted by Crippen LogP contribution is -2.48. The zero-order valence-corrected chi connectivity index (χ0v) is 15.2. The summed E-state index contributed by atoms with van der Waals surface area (Å²) < 4.78 is 13.0. The molecule has 1 fully saturated rings. The molecule has 4 rings (SSSR count). The fraction of sp³-hybridized carbons (Fsp3) is 0.286. The molecule has 0 bridgehead atoms. The monoisotopic (exact) mass is 381 g/mol. The summed E-state index contributed by atoms with van der Waals surface area (Å²) in [4.78, 5) is 41.5. The van der Waals surface area contributed by atoms with Gasteiger partial charge in [0.2, 0.25) is 11.8 Å². The van der Waals surface area contributed by atoms with E-state index in [1.807, 2.05) is 0 Å². The van der Waals surface area contributed by atoms with Gasteiger partial charge >= 0.3 is 0 Å². The summed E-state index contributed by atoms with van der Waals surface area (Å²) in [6.45, 7) is 0.611. The summed E-state index contributed by atoms with van der Waals surface area (Å²) in [6, 6.07) is 12.2. The molecule has 0 saturated carbocycles. The number of carbonyl (C=O) groups excluding carboxylic acids is 3. The fourth-order valence-electron chi connectivity index (χ4n) is 3.78. The molecule has 1 N–H and O–H groups in total. The van der Waals surface area contributed by atoms with E-state index in [4.69, 9.17) is 0 Å². The lowest BCUT2D eigenvalue weighted by atomic mass is 10.1. The molecule has 0 radical (unpaired) electrons. The van der Waals surface area contributed by atoms with Crippen LogP contribution in [0.5, 0.6) is 0 Å². The molecule has 2 heterocycles. The topological polar surface area (TPSA) is 69.7 Å². The van der Waals surface area contributed by atoms with Crippen LogP contribution < -0.4 is 10.2 Å². The minimum Gasteiger partial charge on any atom is -0.350 e. The number of hydrogen-bond acceptors (Lipinski definition) is 3. The number of rotatable bonds is 4. The van der Waals surface area contributed by atoms with Gasteiger partial charge in [-0.25, -0.2) is 4.39 Å². The van der Waals surface area contributed by atoms with Crippen molar-refractivity contribution in [2.24, 2.45) is 0 Å². The van der Waals surface area contributed by atoms with Crippen LogP contribution >= 0.6 is 0 Å². The Labute approximate surface area is 161 Å². The summed E-state index contributed by atoms with van der Waals surface area (Å²) in [5.41, 5.74) is 1.66. The van der Waals surface area contributed by atoms with E-state index in [-0.39, 0.29) is 36.6 Å². The highest BCUT2D eigenvalue weighted by molar-refractivity contribution is 6.12. The quantitative estimate of drug-likeness (QED) is 0.882. The molecule has 0 aromatic heterocycles. The molecule has 0 spiro atoms. The third-order valence-corrected chi connectivity index (χ3v) is 5.19. The second-order valence-corrected chi connectivity index (χ2v) is 7.00. The van der Waals surface area contributed by atoms with E-state index in [0.29, 0.717) is 24.2 Å². The number of nitrogens with one attached hydrogen (secondary N) is 1. The van der Waals surface area contributed by atoms with E-state index in [2.05, 4.69) is 5.32 Å². The first kappa shape index (κ1) is 18.2. The molecule has 2 aliphatic rings. The van der Waals surface area contributed by atoms with Crippen LogP contribution in [-0.2, 0) is 16.1 Å². The van der Waals surface area contributed by atoms with Gasteiger partial charge in [-0.2, -0.15) is 0 Å². The number of anilines is 1. The van der Waals surface area contributed by atoms with E-state index in [1.54, 1.807) is 41.3 Å². The summed E-state index contributed by atoms with van der Waals surface area (Å²) >= 11 is 0. The highest BCUT2D eigenvalue weighted by Gasteiger charge is 2.42. The van der Waals surface area contributed by atoms with Crippen molar-refractivity contribution in [1.29, 1.82) is 0 Å². The number of fused-ring (bicyclic) bond motifs is 2. The Morgan fingerprint density at radius 3 is 2.64 bits per heavy atom. The number of hydrogen-bond donors (Lipinski definition) is 1. The first-order chi connectivity index (χ1) is 13.5. The Hall–Kier alpha value is -3.22. The van der Waals surface area contributed by atoms with Gasteiger partial charge in [0.25, 0.3) is 5.91 Å². The van der Waals surface area contributed by atoms with Crippen LogP contribution in [0.15, 0.2) is 48.5 Å². The molecule has 0 unspecified atom stereocenters. The van der Waals surface area contributed by atoms with Gasteiger partial charge in [0.15, 0.2) is 0 Å². The van der Waals surface area contributed by atoms with Gasteiger partial charge in [0, 0.05) is 13.1 Å². The molecule has 1 atom stereocenters. The maximum absolute atomic E-state index is 13.1. The highest BCUT2D eigenvalue weighted by atomic mass is 19.1. The zero-order chi connectivity index (χ0) is 19.7. The normalized spacial score (nSPS) is 18.5. The maximum atomic E-state index is 13.1. The average molecular weight is 381 g/mol. The van der Waals surface area contributed by atoms with Crippen molar-refractivity contribution >= 4 is 23.4 Å². The van der Waals surface area contributed by atoms with Crippen molar-refractivity contribution in [3.05, 3.63) is 65.5 Å². The Morgan fingerprint density at radius 2 is 1.86 bits per heavy atom. The van der Waals surface area contributed by atoms with Crippen molar-refractivity contribution in [2.75, 3.05) is 18.0 Å². The van der Waals surface area contributed by atoms with Crippen LogP contribution in [-0.4, -0.2) is 41.8 Å². The molecule has 2 aromatic carbocycles. The van der Waals surface area contributed by atoms with E-state index in [0.717, 1.165) is 12.0 Å². The third-order valence-electron chi connectivity index (χ3n) is 5.19. The molecule has 144 valence electrons. The molecular weight excluding hydrogens is 361 g/mol. The van der Waals surface area contributed by atoms with Gasteiger partial charge in [-0.3, -0.25) is 14.4 Å². The van der Waals surface area contributed by atoms with Crippen LogP contribution in [0.25, 0.3) is 0 Å². The number of amides is 3. The molecule has 3 amide bonds. The van der Waals surface area contributed by atoms with Gasteiger partial charge in [-0.05, 0) is 42.7 Å². The second-order valence-electron chi connectivity index (χ2n) is 7.00. The van der Waals surface area contributed by atoms with Gasteiger partial charge in [-0.1, -0.05) is 24.3 Å². The average Bonchev–Trinajstić information content (AvgIpc) is 3.18. The van der Waals surface area contributed by atoms with Crippen LogP contribution in [0.4, 0.5) is 10.1 Å². The summed E-state index contributed by atoms with van der Waals surface area (Å²) in [7, 11) is 0.